The maximum absolute atomic E-state index is 11.2. The molecule has 17 heavy (non-hydrogen) atoms. The Morgan fingerprint density at radius 3 is 2.76 bits per heavy atom. The third-order valence-corrected chi connectivity index (χ3v) is 3.67. The average Bonchev–Trinajstić information content (AvgIpc) is 2.52. The molecule has 1 aliphatic carbocycles. The zero-order chi connectivity index (χ0) is 12.3. The molecule has 0 radical (unpaired) electrons. The van der Waals surface area contributed by atoms with Crippen LogP contribution in [-0.4, -0.2) is 11.8 Å². The first-order chi connectivity index (χ1) is 8.19. The number of halogens is 1. The summed E-state index contributed by atoms with van der Waals surface area (Å²) in [6.45, 7) is 2.31. The minimum absolute atomic E-state index is 0.00805. The molecule has 1 aromatic carbocycles. The molecule has 0 aromatic heterocycles. The largest absolute Gasteiger partial charge is 0.325 e. The molecule has 2 nitrogen and oxygen atoms in total. The number of alkyl halides is 1. The highest BCUT2D eigenvalue weighted by Gasteiger charge is 2.13. The Labute approximate surface area is 107 Å². The Balaban J connectivity index is 2.16. The number of benzene rings is 1. The summed E-state index contributed by atoms with van der Waals surface area (Å²) in [6.07, 6.45) is 4.77. The second-order valence-corrected chi connectivity index (χ2v) is 5.12. The van der Waals surface area contributed by atoms with E-state index in [1.54, 1.807) is 0 Å². The second-order valence-electron chi connectivity index (χ2n) is 4.85. The number of nitrogens with one attached hydrogen (secondary N) is 1. The third kappa shape index (κ3) is 3.22. The number of hydrogen-bond donors (Lipinski definition) is 1. The lowest BCUT2D eigenvalue weighted by Gasteiger charge is -2.09. The van der Waals surface area contributed by atoms with Crippen LogP contribution in [0.15, 0.2) is 18.2 Å². The average molecular weight is 252 g/mol. The molecule has 1 aromatic rings. The number of carbonyl (C=O) groups is 1. The van der Waals surface area contributed by atoms with Gasteiger partial charge in [0, 0.05) is 5.69 Å². The Morgan fingerprint density at radius 2 is 2.06 bits per heavy atom. The summed E-state index contributed by atoms with van der Waals surface area (Å²) >= 11 is 5.48. The lowest BCUT2D eigenvalue weighted by Crippen LogP contribution is -2.12. The first kappa shape index (κ1) is 12.4. The van der Waals surface area contributed by atoms with E-state index in [1.165, 1.54) is 24.0 Å². The highest BCUT2D eigenvalue weighted by molar-refractivity contribution is 6.29. The number of carbonyl (C=O) groups excluding carboxylic acids is 1. The second kappa shape index (κ2) is 5.54. The molecule has 0 spiro atoms. The van der Waals surface area contributed by atoms with Gasteiger partial charge in [0.2, 0.25) is 5.91 Å². The maximum Gasteiger partial charge on any atom is 0.239 e. The maximum atomic E-state index is 11.2. The van der Waals surface area contributed by atoms with E-state index in [1.807, 2.05) is 6.07 Å². The molecule has 1 aliphatic rings. The number of rotatable bonds is 2. The Bertz CT molecular complexity index is 417. The van der Waals surface area contributed by atoms with Crippen LogP contribution in [-0.2, 0) is 17.6 Å². The van der Waals surface area contributed by atoms with E-state index in [-0.39, 0.29) is 11.8 Å². The lowest BCUT2D eigenvalue weighted by atomic mass is 10.0. The molecule has 0 heterocycles. The molecule has 1 N–H and O–H groups in total. The normalized spacial score (nSPS) is 19.3. The van der Waals surface area contributed by atoms with Gasteiger partial charge in [0.15, 0.2) is 0 Å². The van der Waals surface area contributed by atoms with Crippen molar-refractivity contribution in [2.75, 3.05) is 11.2 Å². The summed E-state index contributed by atoms with van der Waals surface area (Å²) in [4.78, 5) is 11.2. The molecule has 2 rings (SSSR count). The van der Waals surface area contributed by atoms with Crippen molar-refractivity contribution in [3.05, 3.63) is 29.3 Å². The number of fused-ring (bicyclic) bond motifs is 1. The number of hydrogen-bond acceptors (Lipinski definition) is 1. The zero-order valence-electron chi connectivity index (χ0n) is 10.1. The smallest absolute Gasteiger partial charge is 0.239 e. The quantitative estimate of drug-likeness (QED) is 0.634. The van der Waals surface area contributed by atoms with Crippen molar-refractivity contribution in [2.24, 2.45) is 5.92 Å². The lowest BCUT2D eigenvalue weighted by molar-refractivity contribution is -0.113. The highest BCUT2D eigenvalue weighted by Crippen LogP contribution is 2.26. The summed E-state index contributed by atoms with van der Waals surface area (Å²) in [7, 11) is 0. The highest BCUT2D eigenvalue weighted by atomic mass is 35.5. The van der Waals surface area contributed by atoms with Gasteiger partial charge in [-0.15, -0.1) is 11.6 Å². The zero-order valence-corrected chi connectivity index (χ0v) is 10.9. The summed E-state index contributed by atoms with van der Waals surface area (Å²) in [6, 6.07) is 6.20. The minimum atomic E-state index is -0.145. The van der Waals surface area contributed by atoms with E-state index in [0.29, 0.717) is 0 Å². The standard InChI is InChI=1S/C14H18ClNO/c1-10-2-4-11-6-7-13(16-14(17)9-15)8-12(11)5-3-10/h6-8,10H,2-5,9H2,1H3,(H,16,17). The van der Waals surface area contributed by atoms with Gasteiger partial charge < -0.3 is 5.32 Å². The van der Waals surface area contributed by atoms with Crippen molar-refractivity contribution in [1.29, 1.82) is 0 Å². The number of aryl methyl sites for hydroxylation is 2. The van der Waals surface area contributed by atoms with Gasteiger partial charge in [0.05, 0.1) is 0 Å². The fourth-order valence-electron chi connectivity index (χ4n) is 2.32. The van der Waals surface area contributed by atoms with Crippen molar-refractivity contribution in [3.8, 4) is 0 Å². The van der Waals surface area contributed by atoms with Crippen molar-refractivity contribution in [1.82, 2.24) is 0 Å². The van der Waals surface area contributed by atoms with E-state index >= 15 is 0 Å². The van der Waals surface area contributed by atoms with Gasteiger partial charge in [-0.2, -0.15) is 0 Å². The molecular formula is C14H18ClNO. The molecule has 1 amide bonds. The van der Waals surface area contributed by atoms with Gasteiger partial charge in [-0.05, 0) is 54.9 Å². The molecule has 0 saturated heterocycles. The van der Waals surface area contributed by atoms with E-state index in [9.17, 15) is 4.79 Å². The Hall–Kier alpha value is -1.02. The van der Waals surface area contributed by atoms with Crippen LogP contribution in [0.1, 0.15) is 30.9 Å². The summed E-state index contributed by atoms with van der Waals surface area (Å²) in [5.74, 6) is 0.658. The fraction of sp³-hybridized carbons (Fsp3) is 0.500. The van der Waals surface area contributed by atoms with E-state index in [4.69, 9.17) is 11.6 Å². The molecule has 0 bridgehead atoms. The summed E-state index contributed by atoms with van der Waals surface area (Å²) in [5, 5.41) is 2.80. The van der Waals surface area contributed by atoms with Crippen LogP contribution in [0.3, 0.4) is 0 Å². The van der Waals surface area contributed by atoms with Crippen LogP contribution < -0.4 is 5.32 Å². The third-order valence-electron chi connectivity index (χ3n) is 3.42. The Morgan fingerprint density at radius 1 is 1.35 bits per heavy atom. The van der Waals surface area contributed by atoms with Crippen LogP contribution in [0.25, 0.3) is 0 Å². The summed E-state index contributed by atoms with van der Waals surface area (Å²) < 4.78 is 0. The van der Waals surface area contributed by atoms with E-state index in [2.05, 4.69) is 24.4 Å². The molecule has 3 heteroatoms. The molecule has 92 valence electrons. The van der Waals surface area contributed by atoms with Crippen molar-refractivity contribution in [2.45, 2.75) is 32.6 Å². The first-order valence-electron chi connectivity index (χ1n) is 6.16. The minimum Gasteiger partial charge on any atom is -0.325 e. The first-order valence-corrected chi connectivity index (χ1v) is 6.70. The predicted octanol–water partition coefficient (Wildman–Crippen LogP) is 3.38. The van der Waals surface area contributed by atoms with E-state index in [0.717, 1.165) is 24.4 Å². The topological polar surface area (TPSA) is 29.1 Å². The fourth-order valence-corrected chi connectivity index (χ4v) is 2.39. The van der Waals surface area contributed by atoms with Gasteiger partial charge >= 0.3 is 0 Å². The SMILES string of the molecule is CC1CCc2ccc(NC(=O)CCl)cc2CC1. The van der Waals surface area contributed by atoms with Crippen molar-refractivity contribution < 1.29 is 4.79 Å². The van der Waals surface area contributed by atoms with Gasteiger partial charge in [-0.1, -0.05) is 13.0 Å². The van der Waals surface area contributed by atoms with Crippen LogP contribution in [0.2, 0.25) is 0 Å². The van der Waals surface area contributed by atoms with Crippen molar-refractivity contribution >= 4 is 23.2 Å². The predicted molar refractivity (Wildman–Crippen MR) is 71.6 cm³/mol. The Kier molecular flexibility index (Phi) is 4.06. The number of amides is 1. The van der Waals surface area contributed by atoms with Crippen LogP contribution in [0, 0.1) is 5.92 Å². The molecule has 1 atom stereocenters. The molecule has 0 aliphatic heterocycles. The molecule has 1 unspecified atom stereocenters. The van der Waals surface area contributed by atoms with E-state index < -0.39 is 0 Å². The van der Waals surface area contributed by atoms with Gasteiger partial charge in [-0.25, -0.2) is 0 Å². The van der Waals surface area contributed by atoms with Crippen LogP contribution in [0.4, 0.5) is 5.69 Å². The number of anilines is 1. The van der Waals surface area contributed by atoms with Crippen LogP contribution >= 0.6 is 11.6 Å². The molecular weight excluding hydrogens is 234 g/mol. The van der Waals surface area contributed by atoms with Crippen molar-refractivity contribution in [3.63, 3.8) is 0 Å². The van der Waals surface area contributed by atoms with Gasteiger partial charge in [0.1, 0.15) is 5.88 Å². The summed E-state index contributed by atoms with van der Waals surface area (Å²) in [5.41, 5.74) is 3.67. The van der Waals surface area contributed by atoms with Gasteiger partial charge in [-0.3, -0.25) is 4.79 Å². The van der Waals surface area contributed by atoms with Crippen LogP contribution in [0.5, 0.6) is 0 Å². The molecule has 0 fully saturated rings. The van der Waals surface area contributed by atoms with Gasteiger partial charge in [0.25, 0.3) is 0 Å². The molecule has 0 saturated carbocycles. The monoisotopic (exact) mass is 251 g/mol.